The monoisotopic (exact) mass is 755 g/mol. The van der Waals surface area contributed by atoms with Crippen LogP contribution in [0.2, 0.25) is 5.02 Å². The fraction of sp³-hybridized carbons (Fsp3) is 0.400. The zero-order valence-electron chi connectivity index (χ0n) is 28.0. The van der Waals surface area contributed by atoms with Crippen LogP contribution in [-0.2, 0) is 24.4 Å². The average molecular weight is 756 g/mol. The minimum Gasteiger partial charge on any atom is -0.484 e. The topological polar surface area (TPSA) is 197 Å². The number of hydrogen-bond acceptors (Lipinski definition) is 9. The SMILES string of the molecule is C=C[C@@H]1C[C@]1(NC(=O)[C@@H]1C[C@@H](Oc2c3ccc(F)cc3nc3c2oc2c(Cl)cccc23)CN1C(=O)[C@@H](C)C(C)NC(=O)O)C(=O)NS(=O)(=O)C1CC1. The second kappa shape index (κ2) is 12.9. The number of ether oxygens (including phenoxy) is 1. The number of aromatic nitrogens is 1. The smallest absolute Gasteiger partial charge is 0.404 e. The summed E-state index contributed by atoms with van der Waals surface area (Å²) in [7, 11) is -3.94. The van der Waals surface area contributed by atoms with Gasteiger partial charge >= 0.3 is 6.09 Å². The van der Waals surface area contributed by atoms with Crippen molar-refractivity contribution in [3.8, 4) is 5.75 Å². The molecule has 52 heavy (non-hydrogen) atoms. The van der Waals surface area contributed by atoms with Crippen LogP contribution in [0.5, 0.6) is 5.75 Å². The van der Waals surface area contributed by atoms with Crippen molar-refractivity contribution in [2.24, 2.45) is 11.8 Å². The lowest BCUT2D eigenvalue weighted by Crippen LogP contribution is -2.57. The number of pyridine rings is 1. The van der Waals surface area contributed by atoms with E-state index in [-0.39, 0.29) is 36.2 Å². The molecule has 4 N–H and O–H groups in total. The summed E-state index contributed by atoms with van der Waals surface area (Å²) in [5.74, 6) is -4.06. The molecule has 17 heteroatoms. The molecule has 1 aliphatic heterocycles. The van der Waals surface area contributed by atoms with Gasteiger partial charge in [-0.25, -0.2) is 22.6 Å². The number of benzene rings is 2. The Morgan fingerprint density at radius 2 is 1.92 bits per heavy atom. The third kappa shape index (κ3) is 6.27. The van der Waals surface area contributed by atoms with Crippen molar-refractivity contribution < 1.29 is 46.2 Å². The molecule has 4 amide bonds. The Labute approximate surface area is 301 Å². The Morgan fingerprint density at radius 1 is 1.17 bits per heavy atom. The maximum absolute atomic E-state index is 14.4. The molecule has 274 valence electrons. The number of carbonyl (C=O) groups excluding carboxylic acids is 3. The summed E-state index contributed by atoms with van der Waals surface area (Å²) in [4.78, 5) is 58.8. The maximum Gasteiger partial charge on any atom is 0.404 e. The second-order valence-corrected chi connectivity index (χ2v) is 16.1. The predicted octanol–water partition coefficient (Wildman–Crippen LogP) is 4.24. The third-order valence-corrected chi connectivity index (χ3v) is 12.3. The molecule has 2 aromatic heterocycles. The number of likely N-dealkylation sites (tertiary alicyclic amines) is 1. The zero-order valence-corrected chi connectivity index (χ0v) is 29.6. The maximum atomic E-state index is 14.4. The van der Waals surface area contributed by atoms with Crippen LogP contribution in [-0.4, -0.2) is 82.7 Å². The number of hydrogen-bond donors (Lipinski definition) is 4. The fourth-order valence-electron chi connectivity index (χ4n) is 6.84. The Balaban J connectivity index is 1.23. The third-order valence-electron chi connectivity index (χ3n) is 10.2. The molecule has 7 rings (SSSR count). The summed E-state index contributed by atoms with van der Waals surface area (Å²) in [5.41, 5.74) is -0.462. The van der Waals surface area contributed by atoms with Crippen LogP contribution in [0.1, 0.15) is 39.5 Å². The first-order valence-corrected chi connectivity index (χ1v) is 18.6. The van der Waals surface area contributed by atoms with Crippen molar-refractivity contribution in [2.45, 2.75) is 68.5 Å². The van der Waals surface area contributed by atoms with Gasteiger partial charge in [0.05, 0.1) is 28.3 Å². The van der Waals surface area contributed by atoms with E-state index in [0.29, 0.717) is 39.7 Å². The normalized spacial score (nSPS) is 24.0. The van der Waals surface area contributed by atoms with Gasteiger partial charge in [-0.1, -0.05) is 30.7 Å². The molecule has 0 radical (unpaired) electrons. The van der Waals surface area contributed by atoms with Crippen molar-refractivity contribution in [3.63, 3.8) is 0 Å². The number of nitrogens with zero attached hydrogens (tertiary/aromatic N) is 2. The lowest BCUT2D eigenvalue weighted by Gasteiger charge is -2.30. The first-order valence-electron chi connectivity index (χ1n) is 16.7. The number of amides is 4. The number of halogens is 2. The summed E-state index contributed by atoms with van der Waals surface area (Å²) in [6.45, 7) is 6.62. The summed E-state index contributed by atoms with van der Waals surface area (Å²) in [6, 6.07) is 6.99. The van der Waals surface area contributed by atoms with E-state index in [1.54, 1.807) is 18.2 Å². The van der Waals surface area contributed by atoms with Crippen LogP contribution < -0.4 is 20.1 Å². The van der Waals surface area contributed by atoms with E-state index in [1.165, 1.54) is 43.0 Å². The van der Waals surface area contributed by atoms with Crippen LogP contribution in [0.25, 0.3) is 33.0 Å². The minimum atomic E-state index is -3.94. The number of carboxylic acid groups (broad SMARTS) is 1. The first kappa shape index (κ1) is 35.4. The molecule has 2 saturated carbocycles. The molecule has 1 saturated heterocycles. The molecular weight excluding hydrogens is 721 g/mol. The van der Waals surface area contributed by atoms with Gasteiger partial charge in [-0.3, -0.25) is 19.1 Å². The van der Waals surface area contributed by atoms with Crippen LogP contribution in [0.4, 0.5) is 9.18 Å². The van der Waals surface area contributed by atoms with E-state index in [2.05, 4.69) is 26.9 Å². The van der Waals surface area contributed by atoms with Gasteiger partial charge in [0.2, 0.25) is 21.8 Å². The summed E-state index contributed by atoms with van der Waals surface area (Å²) in [5, 5.41) is 14.9. The van der Waals surface area contributed by atoms with E-state index in [4.69, 9.17) is 20.8 Å². The molecule has 6 atom stereocenters. The number of carbonyl (C=O) groups is 4. The van der Waals surface area contributed by atoms with Crippen LogP contribution in [0, 0.1) is 17.7 Å². The van der Waals surface area contributed by atoms with Crippen molar-refractivity contribution >= 4 is 78.4 Å². The highest BCUT2D eigenvalue weighted by atomic mass is 35.5. The number of para-hydroxylation sites is 1. The number of sulfonamides is 1. The van der Waals surface area contributed by atoms with Gasteiger partial charge in [-0.2, -0.15) is 0 Å². The predicted molar refractivity (Wildman–Crippen MR) is 188 cm³/mol. The van der Waals surface area contributed by atoms with Crippen LogP contribution in [0.3, 0.4) is 0 Å². The molecule has 2 aliphatic carbocycles. The van der Waals surface area contributed by atoms with Crippen molar-refractivity contribution in [3.05, 3.63) is 59.9 Å². The van der Waals surface area contributed by atoms with Gasteiger partial charge in [0.15, 0.2) is 16.9 Å². The molecule has 4 aromatic rings. The standard InChI is InChI=1S/C35H35ClFN5O9S/c1-4-18-14-35(18,33(45)41-52(48,49)21-9-10-21)40-31(43)26-13-20(15-42(26)32(44)16(2)17(3)38-34(46)47)50-29-22-11-8-19(37)12-25(22)39-27-23-6-5-7-24(36)28(23)51-30(27)29/h4-8,11-12,16-18,20-21,26,38H,1,9-10,13-15H2,2-3H3,(H,40,43)(H,41,45)(H,46,47)/t16-,17?,18+,20+,26-,35+/m0/s1. The molecule has 0 spiro atoms. The largest absolute Gasteiger partial charge is 0.484 e. The highest BCUT2D eigenvalue weighted by Gasteiger charge is 2.62. The lowest BCUT2D eigenvalue weighted by molar-refractivity contribution is -0.142. The Bertz CT molecular complexity index is 2300. The molecule has 1 unspecified atom stereocenters. The Hall–Kier alpha value is -4.96. The first-order chi connectivity index (χ1) is 24.6. The van der Waals surface area contributed by atoms with Crippen molar-refractivity contribution in [2.75, 3.05) is 6.54 Å². The summed E-state index contributed by atoms with van der Waals surface area (Å²) < 4.78 is 54.5. The van der Waals surface area contributed by atoms with Gasteiger partial charge in [0, 0.05) is 35.2 Å². The highest BCUT2D eigenvalue weighted by molar-refractivity contribution is 7.91. The molecule has 3 fully saturated rings. The van der Waals surface area contributed by atoms with Gasteiger partial charge < -0.3 is 29.8 Å². The Morgan fingerprint density at radius 3 is 2.60 bits per heavy atom. The molecule has 2 aromatic carbocycles. The van der Waals surface area contributed by atoms with Gasteiger partial charge in [0.25, 0.3) is 5.91 Å². The number of rotatable bonds is 11. The van der Waals surface area contributed by atoms with E-state index in [9.17, 15) is 37.1 Å². The zero-order chi connectivity index (χ0) is 37.3. The number of nitrogens with one attached hydrogen (secondary N) is 3. The van der Waals surface area contributed by atoms with Crippen LogP contribution in [0.15, 0.2) is 53.5 Å². The van der Waals surface area contributed by atoms with E-state index in [0.717, 1.165) is 0 Å². The van der Waals surface area contributed by atoms with Crippen molar-refractivity contribution in [1.29, 1.82) is 0 Å². The van der Waals surface area contributed by atoms with Crippen LogP contribution >= 0.6 is 11.6 Å². The lowest BCUT2D eigenvalue weighted by atomic mass is 10.0. The van der Waals surface area contributed by atoms with E-state index in [1.807, 2.05) is 0 Å². The second-order valence-electron chi connectivity index (χ2n) is 13.7. The molecule has 0 bridgehead atoms. The summed E-state index contributed by atoms with van der Waals surface area (Å²) >= 11 is 6.44. The fourth-order valence-corrected chi connectivity index (χ4v) is 8.42. The number of fused-ring (bicyclic) bond motifs is 4. The molecule has 14 nitrogen and oxygen atoms in total. The average Bonchev–Trinajstić information content (AvgIpc) is 3.99. The molecule has 3 heterocycles. The quantitative estimate of drug-likeness (QED) is 0.161. The highest BCUT2D eigenvalue weighted by Crippen LogP contribution is 2.46. The molecule has 3 aliphatic rings. The number of furan rings is 1. The van der Waals surface area contributed by atoms with Gasteiger partial charge in [0.1, 0.15) is 29.0 Å². The minimum absolute atomic E-state index is 0.0879. The van der Waals surface area contributed by atoms with E-state index < -0.39 is 80.5 Å². The summed E-state index contributed by atoms with van der Waals surface area (Å²) in [6.07, 6.45) is 0.110. The molecular formula is C35H35ClFN5O9S. The van der Waals surface area contributed by atoms with Gasteiger partial charge in [-0.15, -0.1) is 6.58 Å². The van der Waals surface area contributed by atoms with Gasteiger partial charge in [-0.05, 0) is 50.5 Å². The Kier molecular flexibility index (Phi) is 8.80. The van der Waals surface area contributed by atoms with Crippen molar-refractivity contribution in [1.82, 2.24) is 25.2 Å². The van der Waals surface area contributed by atoms with E-state index >= 15 is 0 Å².